The van der Waals surface area contributed by atoms with E-state index in [1.165, 1.54) is 5.56 Å². The highest BCUT2D eigenvalue weighted by atomic mass is 15.3. The topological polar surface area (TPSA) is 42.7 Å². The molecule has 0 aliphatic heterocycles. The highest BCUT2D eigenvalue weighted by molar-refractivity contribution is 5.56. The Kier molecular flexibility index (Phi) is 3.01. The van der Waals surface area contributed by atoms with Crippen LogP contribution < -0.4 is 5.32 Å². The maximum atomic E-state index is 4.50. The van der Waals surface area contributed by atoms with Crippen LogP contribution in [-0.4, -0.2) is 21.8 Å². The number of nitrogens with zero attached hydrogens (tertiary/aromatic N) is 3. The monoisotopic (exact) mass is 216 g/mol. The first kappa shape index (κ1) is 10.8. The van der Waals surface area contributed by atoms with Crippen molar-refractivity contribution in [2.75, 3.05) is 7.05 Å². The van der Waals surface area contributed by atoms with Crippen LogP contribution in [0.15, 0.2) is 24.3 Å². The minimum atomic E-state index is 0.694. The van der Waals surface area contributed by atoms with Gasteiger partial charge in [-0.15, -0.1) is 0 Å². The predicted molar refractivity (Wildman–Crippen MR) is 63.9 cm³/mol. The second kappa shape index (κ2) is 4.45. The van der Waals surface area contributed by atoms with E-state index in [2.05, 4.69) is 40.5 Å². The van der Waals surface area contributed by atoms with Crippen molar-refractivity contribution in [2.24, 2.45) is 7.05 Å². The van der Waals surface area contributed by atoms with Crippen LogP contribution in [0.3, 0.4) is 0 Å². The van der Waals surface area contributed by atoms with Gasteiger partial charge < -0.3 is 5.32 Å². The fourth-order valence-corrected chi connectivity index (χ4v) is 1.71. The summed E-state index contributed by atoms with van der Waals surface area (Å²) in [5, 5.41) is 7.40. The van der Waals surface area contributed by atoms with Crippen LogP contribution in [-0.2, 0) is 13.6 Å². The van der Waals surface area contributed by atoms with Crippen LogP contribution in [0.2, 0.25) is 0 Å². The molecule has 1 aromatic carbocycles. The number of aryl methyl sites for hydroxylation is 2. The molecule has 2 rings (SSSR count). The minimum absolute atomic E-state index is 0.694. The molecule has 0 amide bonds. The van der Waals surface area contributed by atoms with Gasteiger partial charge in [-0.3, -0.25) is 0 Å². The van der Waals surface area contributed by atoms with Gasteiger partial charge in [-0.1, -0.05) is 23.8 Å². The smallest absolute Gasteiger partial charge is 0.165 e. The maximum Gasteiger partial charge on any atom is 0.165 e. The van der Waals surface area contributed by atoms with Crippen molar-refractivity contribution in [2.45, 2.75) is 13.5 Å². The molecule has 84 valence electrons. The molecule has 4 nitrogen and oxygen atoms in total. The van der Waals surface area contributed by atoms with Gasteiger partial charge in [0.05, 0.1) is 6.54 Å². The van der Waals surface area contributed by atoms with E-state index in [1.54, 1.807) is 0 Å². The molecular formula is C12H16N4. The lowest BCUT2D eigenvalue weighted by Gasteiger charge is -2.00. The molecule has 0 fully saturated rings. The first-order valence-corrected chi connectivity index (χ1v) is 5.32. The van der Waals surface area contributed by atoms with E-state index in [0.717, 1.165) is 17.2 Å². The van der Waals surface area contributed by atoms with Crippen molar-refractivity contribution in [1.29, 1.82) is 0 Å². The van der Waals surface area contributed by atoms with Crippen LogP contribution >= 0.6 is 0 Å². The Morgan fingerprint density at radius 1 is 1.38 bits per heavy atom. The molecule has 1 heterocycles. The molecule has 0 aliphatic carbocycles. The zero-order valence-corrected chi connectivity index (χ0v) is 9.86. The highest BCUT2D eigenvalue weighted by Crippen LogP contribution is 2.17. The normalized spacial score (nSPS) is 10.7. The second-order valence-corrected chi connectivity index (χ2v) is 3.88. The van der Waals surface area contributed by atoms with Gasteiger partial charge >= 0.3 is 0 Å². The molecule has 4 heteroatoms. The molecule has 0 atom stereocenters. The quantitative estimate of drug-likeness (QED) is 0.845. The van der Waals surface area contributed by atoms with E-state index >= 15 is 0 Å². The standard InChI is InChI=1S/C12H16N4/c1-9-5-4-6-10(7-9)12-14-11(8-13-2)15-16(12)3/h4-7,13H,8H2,1-3H3. The fourth-order valence-electron chi connectivity index (χ4n) is 1.71. The third-order valence-corrected chi connectivity index (χ3v) is 2.42. The Bertz CT molecular complexity index is 488. The molecule has 1 N–H and O–H groups in total. The Labute approximate surface area is 95.3 Å². The molecule has 0 radical (unpaired) electrons. The Morgan fingerprint density at radius 2 is 2.19 bits per heavy atom. The Morgan fingerprint density at radius 3 is 2.88 bits per heavy atom. The average Bonchev–Trinajstić information content (AvgIpc) is 2.60. The van der Waals surface area contributed by atoms with Gasteiger partial charge in [0.1, 0.15) is 0 Å². The van der Waals surface area contributed by atoms with Crippen LogP contribution in [0.1, 0.15) is 11.4 Å². The van der Waals surface area contributed by atoms with Gasteiger partial charge in [-0.05, 0) is 20.0 Å². The first-order valence-electron chi connectivity index (χ1n) is 5.32. The van der Waals surface area contributed by atoms with E-state index in [1.807, 2.05) is 24.8 Å². The molecule has 0 bridgehead atoms. The summed E-state index contributed by atoms with van der Waals surface area (Å²) in [5.74, 6) is 1.73. The minimum Gasteiger partial charge on any atom is -0.313 e. The first-order chi connectivity index (χ1) is 7.70. The second-order valence-electron chi connectivity index (χ2n) is 3.88. The third-order valence-electron chi connectivity index (χ3n) is 2.42. The molecule has 0 aliphatic rings. The number of benzene rings is 1. The number of nitrogens with one attached hydrogen (secondary N) is 1. The van der Waals surface area contributed by atoms with Gasteiger partial charge in [-0.25, -0.2) is 9.67 Å². The van der Waals surface area contributed by atoms with Crippen molar-refractivity contribution in [3.63, 3.8) is 0 Å². The van der Waals surface area contributed by atoms with Gasteiger partial charge in [0, 0.05) is 12.6 Å². The molecule has 16 heavy (non-hydrogen) atoms. The fraction of sp³-hybridized carbons (Fsp3) is 0.333. The third kappa shape index (κ3) is 2.12. The summed E-state index contributed by atoms with van der Waals surface area (Å²) in [4.78, 5) is 4.50. The molecule has 0 saturated heterocycles. The van der Waals surface area contributed by atoms with Crippen LogP contribution in [0.25, 0.3) is 11.4 Å². The lowest BCUT2D eigenvalue weighted by Crippen LogP contribution is -2.06. The largest absolute Gasteiger partial charge is 0.313 e. The summed E-state index contributed by atoms with van der Waals surface area (Å²) < 4.78 is 1.82. The van der Waals surface area contributed by atoms with Gasteiger partial charge in [0.2, 0.25) is 0 Å². The zero-order valence-electron chi connectivity index (χ0n) is 9.86. The van der Waals surface area contributed by atoms with E-state index in [0.29, 0.717) is 6.54 Å². The summed E-state index contributed by atoms with van der Waals surface area (Å²) in [5.41, 5.74) is 2.34. The SMILES string of the molecule is CNCc1nc(-c2cccc(C)c2)n(C)n1. The van der Waals surface area contributed by atoms with Gasteiger partial charge in [0.15, 0.2) is 11.6 Å². The van der Waals surface area contributed by atoms with E-state index in [9.17, 15) is 0 Å². The van der Waals surface area contributed by atoms with E-state index in [-0.39, 0.29) is 0 Å². The molecule has 0 spiro atoms. The molecule has 0 saturated carbocycles. The molecular weight excluding hydrogens is 200 g/mol. The number of rotatable bonds is 3. The van der Waals surface area contributed by atoms with Gasteiger partial charge in [0.25, 0.3) is 0 Å². The summed E-state index contributed by atoms with van der Waals surface area (Å²) in [6, 6.07) is 8.29. The van der Waals surface area contributed by atoms with Gasteiger partial charge in [-0.2, -0.15) is 5.10 Å². The van der Waals surface area contributed by atoms with Crippen molar-refractivity contribution in [3.8, 4) is 11.4 Å². The average molecular weight is 216 g/mol. The number of aromatic nitrogens is 3. The van der Waals surface area contributed by atoms with Crippen molar-refractivity contribution >= 4 is 0 Å². The Hall–Kier alpha value is -1.68. The van der Waals surface area contributed by atoms with Crippen molar-refractivity contribution in [1.82, 2.24) is 20.1 Å². The Balaban J connectivity index is 2.40. The van der Waals surface area contributed by atoms with Crippen molar-refractivity contribution < 1.29 is 0 Å². The number of hydrogen-bond donors (Lipinski definition) is 1. The van der Waals surface area contributed by atoms with Crippen LogP contribution in [0.4, 0.5) is 0 Å². The number of hydrogen-bond acceptors (Lipinski definition) is 3. The van der Waals surface area contributed by atoms with Crippen LogP contribution in [0, 0.1) is 6.92 Å². The summed E-state index contributed by atoms with van der Waals surface area (Å²) >= 11 is 0. The highest BCUT2D eigenvalue weighted by Gasteiger charge is 2.08. The zero-order chi connectivity index (χ0) is 11.5. The molecule has 0 unspecified atom stereocenters. The lowest BCUT2D eigenvalue weighted by molar-refractivity contribution is 0.711. The molecule has 2 aromatic rings. The van der Waals surface area contributed by atoms with E-state index in [4.69, 9.17) is 0 Å². The van der Waals surface area contributed by atoms with E-state index < -0.39 is 0 Å². The lowest BCUT2D eigenvalue weighted by atomic mass is 10.1. The maximum absolute atomic E-state index is 4.50. The van der Waals surface area contributed by atoms with Crippen LogP contribution in [0.5, 0.6) is 0 Å². The van der Waals surface area contributed by atoms with Crippen molar-refractivity contribution in [3.05, 3.63) is 35.7 Å². The predicted octanol–water partition coefficient (Wildman–Crippen LogP) is 1.51. The molecule has 1 aromatic heterocycles. The summed E-state index contributed by atoms with van der Waals surface area (Å²) in [6.07, 6.45) is 0. The summed E-state index contributed by atoms with van der Waals surface area (Å²) in [7, 11) is 3.81. The summed E-state index contributed by atoms with van der Waals surface area (Å²) in [6.45, 7) is 2.77.